The molecule has 0 aliphatic rings. The fourth-order valence-electron chi connectivity index (χ4n) is 4.04. The maximum absolute atomic E-state index is 9.18. The highest BCUT2D eigenvalue weighted by molar-refractivity contribution is 5.75. The predicted molar refractivity (Wildman–Crippen MR) is 140 cm³/mol. The number of unbranched alkanes of at least 4 members (excludes halogenated alkanes) is 2. The molecule has 0 amide bonds. The van der Waals surface area contributed by atoms with Crippen LogP contribution in [0.25, 0.3) is 11.1 Å². The highest BCUT2D eigenvalue weighted by atomic mass is 16.5. The summed E-state index contributed by atoms with van der Waals surface area (Å²) in [5.41, 5.74) is 5.61. The quantitative estimate of drug-likeness (QED) is 0.258. The Morgan fingerprint density at radius 2 is 1.56 bits per heavy atom. The summed E-state index contributed by atoms with van der Waals surface area (Å²) in [5, 5.41) is 9.18. The normalized spacial score (nSPS) is 11.1. The molecule has 0 unspecified atom stereocenters. The highest BCUT2D eigenvalue weighted by Gasteiger charge is 2.16. The lowest BCUT2D eigenvalue weighted by Gasteiger charge is -2.19. The van der Waals surface area contributed by atoms with Crippen LogP contribution in [0.3, 0.4) is 0 Å². The first-order chi connectivity index (χ1) is 16.4. The molecule has 0 N–H and O–H groups in total. The molecule has 0 atom stereocenters. The van der Waals surface area contributed by atoms with Crippen LogP contribution >= 0.6 is 0 Å². The average molecular weight is 456 g/mol. The monoisotopic (exact) mass is 455 g/mol. The third kappa shape index (κ3) is 7.12. The average Bonchev–Trinajstić information content (AvgIpc) is 2.85. The van der Waals surface area contributed by atoms with Gasteiger partial charge in [-0.1, -0.05) is 74.4 Å². The summed E-state index contributed by atoms with van der Waals surface area (Å²) in [6, 6.07) is 25.4. The zero-order valence-electron chi connectivity index (χ0n) is 21.1. The molecule has 0 heterocycles. The van der Waals surface area contributed by atoms with E-state index in [9.17, 15) is 5.26 Å². The molecule has 0 saturated carbocycles. The van der Waals surface area contributed by atoms with Crippen LogP contribution in [0.5, 0.6) is 11.5 Å². The van der Waals surface area contributed by atoms with E-state index in [1.54, 1.807) is 0 Å². The van der Waals surface area contributed by atoms with Crippen LogP contribution in [-0.2, 0) is 13.0 Å². The van der Waals surface area contributed by atoms with Crippen LogP contribution in [0.2, 0.25) is 0 Å². The Morgan fingerprint density at radius 3 is 2.26 bits per heavy atom. The lowest BCUT2D eigenvalue weighted by atomic mass is 9.89. The molecule has 0 bridgehead atoms. The first kappa shape index (κ1) is 25.4. The first-order valence-corrected chi connectivity index (χ1v) is 12.4. The van der Waals surface area contributed by atoms with Crippen molar-refractivity contribution >= 4 is 0 Å². The van der Waals surface area contributed by atoms with Crippen LogP contribution < -0.4 is 9.47 Å². The Labute approximate surface area is 205 Å². The van der Waals surface area contributed by atoms with Gasteiger partial charge in [0.15, 0.2) is 0 Å². The molecular formula is C31H37NO2. The molecular weight excluding hydrogens is 418 g/mol. The fraction of sp³-hybridized carbons (Fsp3) is 0.387. The first-order valence-electron chi connectivity index (χ1n) is 12.4. The Balaban J connectivity index is 1.77. The Hall–Kier alpha value is -3.25. The molecule has 0 fully saturated rings. The van der Waals surface area contributed by atoms with E-state index >= 15 is 0 Å². The standard InChI is InChI=1S/C31H37NO2/c1-5-26-20-28(27-17-11-10-14-24(27)2)30(34-22-25-15-8-6-9-16-25)21-29(26)33-19-13-7-12-18-31(3,4)23-32/h6,8-11,14-17,20-21H,5,7,12-13,18-19,22H2,1-4H3. The van der Waals surface area contributed by atoms with Gasteiger partial charge in [0, 0.05) is 11.6 Å². The summed E-state index contributed by atoms with van der Waals surface area (Å²) >= 11 is 0. The molecule has 0 saturated heterocycles. The van der Waals surface area contributed by atoms with Gasteiger partial charge in [0.25, 0.3) is 0 Å². The van der Waals surface area contributed by atoms with E-state index in [1.165, 1.54) is 16.7 Å². The van der Waals surface area contributed by atoms with Crippen molar-refractivity contribution in [3.05, 3.63) is 83.4 Å². The van der Waals surface area contributed by atoms with Gasteiger partial charge in [-0.15, -0.1) is 0 Å². The second kappa shape index (κ2) is 12.3. The van der Waals surface area contributed by atoms with E-state index in [-0.39, 0.29) is 5.41 Å². The molecule has 3 aromatic rings. The van der Waals surface area contributed by atoms with Gasteiger partial charge in [0.1, 0.15) is 18.1 Å². The highest BCUT2D eigenvalue weighted by Crippen LogP contribution is 2.38. The molecule has 3 aromatic carbocycles. The number of hydrogen-bond acceptors (Lipinski definition) is 3. The van der Waals surface area contributed by atoms with Crippen molar-refractivity contribution in [1.82, 2.24) is 0 Å². The number of nitrogens with zero attached hydrogens (tertiary/aromatic N) is 1. The van der Waals surface area contributed by atoms with Gasteiger partial charge < -0.3 is 9.47 Å². The smallest absolute Gasteiger partial charge is 0.131 e. The third-order valence-electron chi connectivity index (χ3n) is 6.22. The number of hydrogen-bond donors (Lipinski definition) is 0. The molecule has 3 nitrogen and oxygen atoms in total. The van der Waals surface area contributed by atoms with Gasteiger partial charge in [0.05, 0.1) is 18.1 Å². The fourth-order valence-corrected chi connectivity index (χ4v) is 4.04. The number of nitriles is 1. The van der Waals surface area contributed by atoms with E-state index in [2.05, 4.69) is 68.4 Å². The largest absolute Gasteiger partial charge is 0.493 e. The molecule has 0 aliphatic heterocycles. The molecule has 0 spiro atoms. The van der Waals surface area contributed by atoms with Crippen LogP contribution in [-0.4, -0.2) is 6.61 Å². The molecule has 178 valence electrons. The molecule has 3 heteroatoms. The van der Waals surface area contributed by atoms with Crippen LogP contribution in [0.4, 0.5) is 0 Å². The van der Waals surface area contributed by atoms with Crippen molar-refractivity contribution in [1.29, 1.82) is 5.26 Å². The second-order valence-corrected chi connectivity index (χ2v) is 9.55. The van der Waals surface area contributed by atoms with Crippen molar-refractivity contribution in [3.8, 4) is 28.7 Å². The Morgan fingerprint density at radius 1 is 0.824 bits per heavy atom. The predicted octanol–water partition coefficient (Wildman–Crippen LogP) is 8.29. The van der Waals surface area contributed by atoms with Crippen LogP contribution in [0.15, 0.2) is 66.7 Å². The summed E-state index contributed by atoms with van der Waals surface area (Å²) in [6.07, 6.45) is 4.90. The summed E-state index contributed by atoms with van der Waals surface area (Å²) in [6.45, 7) is 9.49. The van der Waals surface area contributed by atoms with Gasteiger partial charge in [-0.3, -0.25) is 0 Å². The summed E-state index contributed by atoms with van der Waals surface area (Å²) in [7, 11) is 0. The molecule has 34 heavy (non-hydrogen) atoms. The van der Waals surface area contributed by atoms with Gasteiger partial charge >= 0.3 is 0 Å². The lowest BCUT2D eigenvalue weighted by Crippen LogP contribution is -2.07. The summed E-state index contributed by atoms with van der Waals surface area (Å²) in [5.74, 6) is 1.75. The van der Waals surface area contributed by atoms with E-state index < -0.39 is 0 Å². The van der Waals surface area contributed by atoms with E-state index in [0.29, 0.717) is 13.2 Å². The van der Waals surface area contributed by atoms with Crippen molar-refractivity contribution < 1.29 is 9.47 Å². The lowest BCUT2D eigenvalue weighted by molar-refractivity contribution is 0.286. The number of ether oxygens (including phenoxy) is 2. The maximum Gasteiger partial charge on any atom is 0.131 e. The van der Waals surface area contributed by atoms with Gasteiger partial charge in [-0.05, 0) is 68.4 Å². The zero-order valence-corrected chi connectivity index (χ0v) is 21.1. The minimum atomic E-state index is -0.243. The second-order valence-electron chi connectivity index (χ2n) is 9.55. The molecule has 0 aliphatic carbocycles. The molecule has 3 rings (SSSR count). The zero-order chi connectivity index (χ0) is 24.4. The summed E-state index contributed by atoms with van der Waals surface area (Å²) < 4.78 is 12.6. The van der Waals surface area contributed by atoms with Gasteiger partial charge in [-0.2, -0.15) is 5.26 Å². The maximum atomic E-state index is 9.18. The van der Waals surface area contributed by atoms with Crippen LogP contribution in [0, 0.1) is 23.7 Å². The Kier molecular flexibility index (Phi) is 9.16. The minimum absolute atomic E-state index is 0.243. The van der Waals surface area contributed by atoms with Crippen molar-refractivity contribution in [2.45, 2.75) is 66.4 Å². The topological polar surface area (TPSA) is 42.2 Å². The van der Waals surface area contributed by atoms with E-state index in [1.807, 2.05) is 32.0 Å². The SMILES string of the molecule is CCc1cc(-c2ccccc2C)c(OCc2ccccc2)cc1OCCCCCC(C)(C)C#N. The molecule has 0 radical (unpaired) electrons. The minimum Gasteiger partial charge on any atom is -0.493 e. The van der Waals surface area contributed by atoms with E-state index in [4.69, 9.17) is 9.47 Å². The number of benzene rings is 3. The van der Waals surface area contributed by atoms with Crippen molar-refractivity contribution in [2.24, 2.45) is 5.41 Å². The van der Waals surface area contributed by atoms with Crippen molar-refractivity contribution in [3.63, 3.8) is 0 Å². The van der Waals surface area contributed by atoms with Crippen LogP contribution in [0.1, 0.15) is 63.1 Å². The number of rotatable bonds is 12. The van der Waals surface area contributed by atoms with Crippen molar-refractivity contribution in [2.75, 3.05) is 6.61 Å². The number of aryl methyl sites for hydroxylation is 2. The van der Waals surface area contributed by atoms with Gasteiger partial charge in [-0.25, -0.2) is 0 Å². The van der Waals surface area contributed by atoms with E-state index in [0.717, 1.165) is 54.7 Å². The summed E-state index contributed by atoms with van der Waals surface area (Å²) in [4.78, 5) is 0. The van der Waals surface area contributed by atoms with Gasteiger partial charge in [0.2, 0.25) is 0 Å². The molecule has 0 aromatic heterocycles. The Bertz CT molecular complexity index is 1100. The third-order valence-corrected chi connectivity index (χ3v) is 6.22.